The fraction of sp³-hybridized carbons (Fsp3) is 0.263. The van der Waals surface area contributed by atoms with E-state index in [1.807, 2.05) is 0 Å². The molecule has 1 heterocycles. The van der Waals surface area contributed by atoms with E-state index in [4.69, 9.17) is 0 Å². The van der Waals surface area contributed by atoms with Crippen LogP contribution in [0, 0.1) is 6.92 Å². The van der Waals surface area contributed by atoms with Gasteiger partial charge in [0.15, 0.2) is 0 Å². The molecule has 3 aromatic rings. The molecule has 0 saturated carbocycles. The highest BCUT2D eigenvalue weighted by molar-refractivity contribution is 5.82. The normalized spacial score (nSPS) is 12.7. The van der Waals surface area contributed by atoms with Gasteiger partial charge in [0.05, 0.1) is 0 Å². The molecule has 1 atom stereocenters. The van der Waals surface area contributed by atoms with E-state index in [2.05, 4.69) is 78.9 Å². The Kier molecular flexibility index (Phi) is 4.07. The van der Waals surface area contributed by atoms with Gasteiger partial charge < -0.3 is 10.3 Å². The first-order valence-corrected chi connectivity index (χ1v) is 7.63. The number of fused-ring (bicyclic) bond motifs is 1. The molecule has 0 bridgehead atoms. The van der Waals surface area contributed by atoms with Crippen molar-refractivity contribution in [2.45, 2.75) is 32.9 Å². The second-order valence-electron chi connectivity index (χ2n) is 5.61. The molecule has 1 unspecified atom stereocenters. The molecule has 0 saturated heterocycles. The lowest BCUT2D eigenvalue weighted by atomic mass is 10.0. The van der Waals surface area contributed by atoms with Gasteiger partial charge in [0, 0.05) is 29.7 Å². The van der Waals surface area contributed by atoms with Gasteiger partial charge in [-0.1, -0.05) is 55.0 Å². The maximum absolute atomic E-state index is 3.68. The average molecular weight is 278 g/mol. The van der Waals surface area contributed by atoms with E-state index in [0.29, 0.717) is 6.04 Å². The van der Waals surface area contributed by atoms with Crippen LogP contribution in [-0.4, -0.2) is 4.98 Å². The molecule has 21 heavy (non-hydrogen) atoms. The van der Waals surface area contributed by atoms with Crippen LogP contribution in [-0.2, 0) is 6.54 Å². The van der Waals surface area contributed by atoms with E-state index in [1.165, 1.54) is 27.6 Å². The number of nitrogens with one attached hydrogen (secondary N) is 2. The Morgan fingerprint density at radius 3 is 2.57 bits per heavy atom. The Balaban J connectivity index is 1.74. The van der Waals surface area contributed by atoms with Crippen molar-refractivity contribution in [1.82, 2.24) is 10.3 Å². The van der Waals surface area contributed by atoms with Crippen molar-refractivity contribution in [3.63, 3.8) is 0 Å². The Hall–Kier alpha value is -2.06. The summed E-state index contributed by atoms with van der Waals surface area (Å²) in [5, 5.41) is 4.99. The zero-order chi connectivity index (χ0) is 14.7. The van der Waals surface area contributed by atoms with Crippen LogP contribution in [0.2, 0.25) is 0 Å². The van der Waals surface area contributed by atoms with E-state index in [-0.39, 0.29) is 0 Å². The minimum absolute atomic E-state index is 0.402. The average Bonchev–Trinajstić information content (AvgIpc) is 2.93. The zero-order valence-electron chi connectivity index (χ0n) is 12.7. The molecular weight excluding hydrogens is 256 g/mol. The highest BCUT2D eigenvalue weighted by atomic mass is 14.9. The minimum Gasteiger partial charge on any atom is -0.361 e. The maximum atomic E-state index is 3.68. The first-order valence-electron chi connectivity index (χ1n) is 7.63. The van der Waals surface area contributed by atoms with Crippen molar-refractivity contribution in [1.29, 1.82) is 0 Å². The smallest absolute Gasteiger partial charge is 0.0457 e. The fourth-order valence-electron chi connectivity index (χ4n) is 2.81. The van der Waals surface area contributed by atoms with Crippen molar-refractivity contribution < 1.29 is 0 Å². The third-order valence-corrected chi connectivity index (χ3v) is 4.10. The summed E-state index contributed by atoms with van der Waals surface area (Å²) < 4.78 is 0. The second-order valence-corrected chi connectivity index (χ2v) is 5.61. The monoisotopic (exact) mass is 278 g/mol. The van der Waals surface area contributed by atoms with Gasteiger partial charge in [0.1, 0.15) is 0 Å². The number of aromatic amines is 1. The molecule has 2 nitrogen and oxygen atoms in total. The van der Waals surface area contributed by atoms with Gasteiger partial charge in [-0.25, -0.2) is 0 Å². The number of rotatable bonds is 5. The van der Waals surface area contributed by atoms with Crippen LogP contribution in [0.3, 0.4) is 0 Å². The predicted molar refractivity (Wildman–Crippen MR) is 89.3 cm³/mol. The van der Waals surface area contributed by atoms with Gasteiger partial charge in [-0.15, -0.1) is 0 Å². The van der Waals surface area contributed by atoms with Gasteiger partial charge in [-0.2, -0.15) is 0 Å². The maximum Gasteiger partial charge on any atom is 0.0457 e. The molecule has 0 spiro atoms. The summed E-state index contributed by atoms with van der Waals surface area (Å²) >= 11 is 0. The summed E-state index contributed by atoms with van der Waals surface area (Å²) in [6.07, 6.45) is 3.20. The number of aromatic nitrogens is 1. The van der Waals surface area contributed by atoms with Gasteiger partial charge in [-0.05, 0) is 30.5 Å². The minimum atomic E-state index is 0.402. The molecule has 0 aliphatic rings. The molecular formula is C19H22N2. The Morgan fingerprint density at radius 1 is 1.05 bits per heavy atom. The molecule has 0 fully saturated rings. The van der Waals surface area contributed by atoms with Crippen molar-refractivity contribution >= 4 is 10.9 Å². The van der Waals surface area contributed by atoms with Crippen molar-refractivity contribution in [3.05, 3.63) is 71.4 Å². The number of hydrogen-bond donors (Lipinski definition) is 2. The highest BCUT2D eigenvalue weighted by Gasteiger charge is 2.10. The standard InChI is InChI=1S/C19H22N2/c1-3-18(15-10-8-14(2)9-11-15)20-12-16-13-21-19-7-5-4-6-17(16)19/h4-11,13,18,20-21H,3,12H2,1-2H3. The van der Waals surface area contributed by atoms with Crippen LogP contribution in [0.15, 0.2) is 54.7 Å². The van der Waals surface area contributed by atoms with Crippen LogP contribution < -0.4 is 5.32 Å². The Labute approximate surface area is 126 Å². The van der Waals surface area contributed by atoms with Crippen LogP contribution in [0.4, 0.5) is 0 Å². The van der Waals surface area contributed by atoms with E-state index in [9.17, 15) is 0 Å². The molecule has 3 rings (SSSR count). The third kappa shape index (κ3) is 3.01. The van der Waals surface area contributed by atoms with E-state index in [0.717, 1.165) is 13.0 Å². The van der Waals surface area contributed by atoms with E-state index < -0.39 is 0 Å². The lowest BCUT2D eigenvalue weighted by molar-refractivity contribution is 0.520. The van der Waals surface area contributed by atoms with Crippen molar-refractivity contribution in [2.75, 3.05) is 0 Å². The summed E-state index contributed by atoms with van der Waals surface area (Å²) in [5.41, 5.74) is 5.21. The fourth-order valence-corrected chi connectivity index (χ4v) is 2.81. The topological polar surface area (TPSA) is 27.8 Å². The summed E-state index contributed by atoms with van der Waals surface area (Å²) in [7, 11) is 0. The molecule has 2 N–H and O–H groups in total. The van der Waals surface area contributed by atoms with Crippen LogP contribution in [0.25, 0.3) is 10.9 Å². The van der Waals surface area contributed by atoms with Gasteiger partial charge in [0.2, 0.25) is 0 Å². The lowest BCUT2D eigenvalue weighted by Gasteiger charge is -2.17. The van der Waals surface area contributed by atoms with Gasteiger partial charge >= 0.3 is 0 Å². The predicted octanol–water partition coefficient (Wildman–Crippen LogP) is 4.72. The quantitative estimate of drug-likeness (QED) is 0.694. The molecule has 1 aromatic heterocycles. The van der Waals surface area contributed by atoms with Crippen LogP contribution in [0.1, 0.15) is 36.1 Å². The number of benzene rings is 2. The number of H-pyrrole nitrogens is 1. The summed E-state index contributed by atoms with van der Waals surface area (Å²) in [4.78, 5) is 3.34. The molecule has 0 aliphatic heterocycles. The zero-order valence-corrected chi connectivity index (χ0v) is 12.7. The Bertz CT molecular complexity index is 710. The summed E-state index contributed by atoms with van der Waals surface area (Å²) in [6.45, 7) is 5.24. The highest BCUT2D eigenvalue weighted by Crippen LogP contribution is 2.21. The first-order chi connectivity index (χ1) is 10.3. The first kappa shape index (κ1) is 13.9. The number of aryl methyl sites for hydroxylation is 1. The molecule has 2 heteroatoms. The van der Waals surface area contributed by atoms with E-state index in [1.54, 1.807) is 0 Å². The van der Waals surface area contributed by atoms with Crippen LogP contribution in [0.5, 0.6) is 0 Å². The van der Waals surface area contributed by atoms with Crippen LogP contribution >= 0.6 is 0 Å². The number of para-hydroxylation sites is 1. The molecule has 108 valence electrons. The number of hydrogen-bond acceptors (Lipinski definition) is 1. The second kappa shape index (κ2) is 6.15. The molecule has 2 aromatic carbocycles. The summed E-state index contributed by atoms with van der Waals surface area (Å²) in [6, 6.07) is 17.7. The van der Waals surface area contributed by atoms with Crippen molar-refractivity contribution in [3.8, 4) is 0 Å². The third-order valence-electron chi connectivity index (χ3n) is 4.10. The molecule has 0 aliphatic carbocycles. The molecule has 0 radical (unpaired) electrons. The molecule has 0 amide bonds. The summed E-state index contributed by atoms with van der Waals surface area (Å²) in [5.74, 6) is 0. The van der Waals surface area contributed by atoms with E-state index >= 15 is 0 Å². The Morgan fingerprint density at radius 2 is 1.81 bits per heavy atom. The van der Waals surface area contributed by atoms with Crippen molar-refractivity contribution in [2.24, 2.45) is 0 Å². The SMILES string of the molecule is CCC(NCc1c[nH]c2ccccc12)c1ccc(C)cc1. The largest absolute Gasteiger partial charge is 0.361 e. The van der Waals surface area contributed by atoms with Gasteiger partial charge in [-0.3, -0.25) is 0 Å². The lowest BCUT2D eigenvalue weighted by Crippen LogP contribution is -2.20. The van der Waals surface area contributed by atoms with Gasteiger partial charge in [0.25, 0.3) is 0 Å².